The fourth-order valence-electron chi connectivity index (χ4n) is 2.27. The largest absolute Gasteiger partial charge is 0.377 e. The van der Waals surface area contributed by atoms with E-state index in [2.05, 4.69) is 39.7 Å². The normalized spacial score (nSPS) is 10.9. The molecule has 0 bridgehead atoms. The summed E-state index contributed by atoms with van der Waals surface area (Å²) in [6.45, 7) is 4.89. The predicted molar refractivity (Wildman–Crippen MR) is 113 cm³/mol. The Morgan fingerprint density at radius 1 is 1.04 bits per heavy atom. The lowest BCUT2D eigenvalue weighted by atomic mass is 10.1. The van der Waals surface area contributed by atoms with Crippen LogP contribution in [-0.2, 0) is 24.4 Å². The summed E-state index contributed by atoms with van der Waals surface area (Å²) in [5.74, 6) is 0.755. The molecule has 2 aromatic rings. The molecule has 1 aromatic heterocycles. The Kier molecular flexibility index (Phi) is 10.8. The number of aromatic nitrogens is 1. The Hall–Kier alpha value is -1.67. The zero-order valence-electron chi connectivity index (χ0n) is 14.9. The molecule has 0 unspecified atom stereocenters. The highest BCUT2D eigenvalue weighted by Gasteiger charge is 2.04. The first-order valence-electron chi connectivity index (χ1n) is 8.32. The van der Waals surface area contributed by atoms with Gasteiger partial charge in [0.15, 0.2) is 5.96 Å². The van der Waals surface area contributed by atoms with E-state index in [9.17, 15) is 0 Å². The Bertz CT molecular complexity index is 634. The molecule has 0 aliphatic heterocycles. The van der Waals surface area contributed by atoms with Crippen molar-refractivity contribution >= 4 is 29.9 Å². The predicted octanol–water partition coefficient (Wildman–Crippen LogP) is 3.49. The standard InChI is InChI=1S/C19H26N4O.HI/c1-3-12-24-15-17-9-5-4-8-16(17)13-22-19(20-2)23-14-18-10-6-7-11-21-18;/h4-11H,3,12-15H2,1-2H3,(H2,20,22,23);1H. The van der Waals surface area contributed by atoms with E-state index in [4.69, 9.17) is 4.74 Å². The maximum atomic E-state index is 5.67. The van der Waals surface area contributed by atoms with Crippen LogP contribution in [0.15, 0.2) is 53.7 Å². The number of guanidine groups is 1. The summed E-state index contributed by atoms with van der Waals surface area (Å²) in [6, 6.07) is 14.2. The molecule has 0 aliphatic carbocycles. The van der Waals surface area contributed by atoms with Crippen molar-refractivity contribution in [3.05, 3.63) is 65.5 Å². The van der Waals surface area contributed by atoms with E-state index in [1.54, 1.807) is 13.2 Å². The van der Waals surface area contributed by atoms with Crippen molar-refractivity contribution in [2.45, 2.75) is 33.0 Å². The van der Waals surface area contributed by atoms with Gasteiger partial charge in [-0.3, -0.25) is 9.98 Å². The molecule has 0 fully saturated rings. The highest BCUT2D eigenvalue weighted by atomic mass is 127. The fourth-order valence-corrected chi connectivity index (χ4v) is 2.27. The van der Waals surface area contributed by atoms with Crippen molar-refractivity contribution in [3.63, 3.8) is 0 Å². The van der Waals surface area contributed by atoms with Gasteiger partial charge in [0, 0.05) is 26.4 Å². The van der Waals surface area contributed by atoms with Crippen LogP contribution < -0.4 is 10.6 Å². The number of hydrogen-bond donors (Lipinski definition) is 2. The van der Waals surface area contributed by atoms with E-state index in [0.717, 1.165) is 24.7 Å². The number of hydrogen-bond acceptors (Lipinski definition) is 3. The van der Waals surface area contributed by atoms with Gasteiger partial charge >= 0.3 is 0 Å². The summed E-state index contributed by atoms with van der Waals surface area (Å²) in [6.07, 6.45) is 2.82. The number of benzene rings is 1. The summed E-state index contributed by atoms with van der Waals surface area (Å²) in [4.78, 5) is 8.56. The molecule has 0 saturated carbocycles. The molecule has 0 amide bonds. The summed E-state index contributed by atoms with van der Waals surface area (Å²) in [5, 5.41) is 6.62. The number of rotatable bonds is 8. The Morgan fingerprint density at radius 3 is 2.44 bits per heavy atom. The van der Waals surface area contributed by atoms with Crippen LogP contribution in [0.4, 0.5) is 0 Å². The van der Waals surface area contributed by atoms with E-state index >= 15 is 0 Å². The average molecular weight is 454 g/mol. The number of nitrogens with one attached hydrogen (secondary N) is 2. The topological polar surface area (TPSA) is 58.5 Å². The minimum Gasteiger partial charge on any atom is -0.377 e. The van der Waals surface area contributed by atoms with E-state index < -0.39 is 0 Å². The molecule has 6 heteroatoms. The molecule has 25 heavy (non-hydrogen) atoms. The Labute approximate surface area is 167 Å². The van der Waals surface area contributed by atoms with Gasteiger partial charge in [0.25, 0.3) is 0 Å². The van der Waals surface area contributed by atoms with Gasteiger partial charge in [-0.15, -0.1) is 24.0 Å². The number of pyridine rings is 1. The van der Waals surface area contributed by atoms with Gasteiger partial charge in [0.2, 0.25) is 0 Å². The van der Waals surface area contributed by atoms with Gasteiger partial charge in [-0.2, -0.15) is 0 Å². The summed E-state index contributed by atoms with van der Waals surface area (Å²) >= 11 is 0. The van der Waals surface area contributed by atoms with Crippen molar-refractivity contribution < 1.29 is 4.74 Å². The summed E-state index contributed by atoms with van der Waals surface area (Å²) in [7, 11) is 1.77. The maximum Gasteiger partial charge on any atom is 0.191 e. The number of halogens is 1. The maximum absolute atomic E-state index is 5.67. The average Bonchev–Trinajstić information content (AvgIpc) is 2.64. The fraction of sp³-hybridized carbons (Fsp3) is 0.368. The molecule has 0 saturated heterocycles. The molecular weight excluding hydrogens is 427 g/mol. The second kappa shape index (κ2) is 12.7. The van der Waals surface area contributed by atoms with E-state index in [1.165, 1.54) is 11.1 Å². The molecule has 1 aromatic carbocycles. The van der Waals surface area contributed by atoms with Crippen molar-refractivity contribution in [1.29, 1.82) is 0 Å². The molecule has 0 radical (unpaired) electrons. The first-order valence-corrected chi connectivity index (χ1v) is 8.32. The molecule has 2 N–H and O–H groups in total. The third kappa shape index (κ3) is 7.83. The number of ether oxygens (including phenoxy) is 1. The highest BCUT2D eigenvalue weighted by Crippen LogP contribution is 2.10. The van der Waals surface area contributed by atoms with Gasteiger partial charge in [0.05, 0.1) is 18.8 Å². The quantitative estimate of drug-likeness (QED) is 0.278. The van der Waals surface area contributed by atoms with Crippen molar-refractivity contribution in [2.24, 2.45) is 4.99 Å². The van der Waals surface area contributed by atoms with Gasteiger partial charge in [-0.1, -0.05) is 37.3 Å². The lowest BCUT2D eigenvalue weighted by Gasteiger charge is -2.14. The number of nitrogens with zero attached hydrogens (tertiary/aromatic N) is 2. The Balaban J connectivity index is 0.00000312. The van der Waals surface area contributed by atoms with Crippen LogP contribution >= 0.6 is 24.0 Å². The van der Waals surface area contributed by atoms with Crippen molar-refractivity contribution in [1.82, 2.24) is 15.6 Å². The zero-order valence-corrected chi connectivity index (χ0v) is 17.2. The SMILES string of the molecule is CCCOCc1ccccc1CNC(=NC)NCc1ccccn1.I. The van der Waals surface area contributed by atoms with Gasteiger partial charge in [-0.05, 0) is 29.7 Å². The van der Waals surface area contributed by atoms with Gasteiger partial charge < -0.3 is 15.4 Å². The molecule has 0 aliphatic rings. The minimum absolute atomic E-state index is 0. The van der Waals surface area contributed by atoms with Gasteiger partial charge in [-0.25, -0.2) is 0 Å². The lowest BCUT2D eigenvalue weighted by molar-refractivity contribution is 0.121. The highest BCUT2D eigenvalue weighted by molar-refractivity contribution is 14.0. The van der Waals surface area contributed by atoms with Crippen molar-refractivity contribution in [3.8, 4) is 0 Å². The lowest BCUT2D eigenvalue weighted by Crippen LogP contribution is -2.36. The second-order valence-corrected chi connectivity index (χ2v) is 5.42. The van der Waals surface area contributed by atoms with E-state index in [-0.39, 0.29) is 24.0 Å². The Morgan fingerprint density at radius 2 is 1.76 bits per heavy atom. The van der Waals surface area contributed by atoms with Crippen LogP contribution in [0.25, 0.3) is 0 Å². The summed E-state index contributed by atoms with van der Waals surface area (Å²) < 4.78 is 5.67. The van der Waals surface area contributed by atoms with E-state index in [1.807, 2.05) is 30.3 Å². The third-order valence-corrected chi connectivity index (χ3v) is 3.56. The monoisotopic (exact) mass is 454 g/mol. The molecule has 0 atom stereocenters. The van der Waals surface area contributed by atoms with Gasteiger partial charge in [0.1, 0.15) is 0 Å². The first kappa shape index (κ1) is 21.4. The smallest absolute Gasteiger partial charge is 0.191 e. The van der Waals surface area contributed by atoms with Crippen LogP contribution in [0.2, 0.25) is 0 Å². The van der Waals surface area contributed by atoms with Crippen LogP contribution in [0.3, 0.4) is 0 Å². The van der Waals surface area contributed by atoms with Crippen LogP contribution in [0.5, 0.6) is 0 Å². The molecule has 136 valence electrons. The molecular formula is C19H27IN4O. The first-order chi connectivity index (χ1) is 11.8. The second-order valence-electron chi connectivity index (χ2n) is 5.42. The molecule has 1 heterocycles. The van der Waals surface area contributed by atoms with E-state index in [0.29, 0.717) is 19.7 Å². The third-order valence-electron chi connectivity index (χ3n) is 3.56. The van der Waals surface area contributed by atoms with Crippen LogP contribution in [-0.4, -0.2) is 24.6 Å². The van der Waals surface area contributed by atoms with Crippen LogP contribution in [0.1, 0.15) is 30.2 Å². The summed E-state index contributed by atoms with van der Waals surface area (Å²) in [5.41, 5.74) is 3.40. The van der Waals surface area contributed by atoms with Crippen molar-refractivity contribution in [2.75, 3.05) is 13.7 Å². The zero-order chi connectivity index (χ0) is 17.0. The minimum atomic E-state index is 0. The molecule has 5 nitrogen and oxygen atoms in total. The molecule has 0 spiro atoms. The van der Waals surface area contributed by atoms with Crippen LogP contribution in [0, 0.1) is 0 Å². The molecule has 2 rings (SSSR count). The number of aliphatic imine (C=N–C) groups is 1.